The minimum atomic E-state index is -0.282. The molecule has 1 aliphatic heterocycles. The van der Waals surface area contributed by atoms with Gasteiger partial charge in [0.2, 0.25) is 5.91 Å². The van der Waals surface area contributed by atoms with Crippen LogP contribution < -0.4 is 10.2 Å². The van der Waals surface area contributed by atoms with Crippen LogP contribution >= 0.6 is 11.6 Å². The molecule has 2 amide bonds. The summed E-state index contributed by atoms with van der Waals surface area (Å²) in [7, 11) is 0. The van der Waals surface area contributed by atoms with Crippen molar-refractivity contribution < 1.29 is 9.59 Å². The SMILES string of the molecule is CC(=O)N1CCN(c2ccc(C(=O)Nc3cccc(Cl)c3)nc2)CC1. The van der Waals surface area contributed by atoms with E-state index in [0.717, 1.165) is 18.8 Å². The van der Waals surface area contributed by atoms with Crippen LogP contribution in [0, 0.1) is 0 Å². The molecule has 6 nitrogen and oxygen atoms in total. The maximum Gasteiger partial charge on any atom is 0.274 e. The summed E-state index contributed by atoms with van der Waals surface area (Å²) in [6.07, 6.45) is 1.69. The molecule has 1 N–H and O–H groups in total. The van der Waals surface area contributed by atoms with Crippen LogP contribution in [0.2, 0.25) is 5.02 Å². The number of anilines is 2. The Morgan fingerprint density at radius 2 is 1.88 bits per heavy atom. The van der Waals surface area contributed by atoms with E-state index in [4.69, 9.17) is 11.6 Å². The normalized spacial score (nSPS) is 14.3. The first-order valence-electron chi connectivity index (χ1n) is 8.06. The van der Waals surface area contributed by atoms with E-state index in [1.807, 2.05) is 11.0 Å². The van der Waals surface area contributed by atoms with Crippen molar-refractivity contribution in [2.45, 2.75) is 6.92 Å². The molecule has 130 valence electrons. The smallest absolute Gasteiger partial charge is 0.274 e. The molecule has 25 heavy (non-hydrogen) atoms. The van der Waals surface area contributed by atoms with E-state index in [1.165, 1.54) is 0 Å². The van der Waals surface area contributed by atoms with E-state index in [-0.39, 0.29) is 11.8 Å². The van der Waals surface area contributed by atoms with Crippen molar-refractivity contribution in [1.82, 2.24) is 9.88 Å². The number of nitrogens with zero attached hydrogens (tertiary/aromatic N) is 3. The molecule has 1 aromatic carbocycles. The van der Waals surface area contributed by atoms with Gasteiger partial charge in [-0.15, -0.1) is 0 Å². The van der Waals surface area contributed by atoms with Crippen LogP contribution in [-0.2, 0) is 4.79 Å². The topological polar surface area (TPSA) is 65.5 Å². The maximum absolute atomic E-state index is 12.3. The van der Waals surface area contributed by atoms with Gasteiger partial charge in [0.05, 0.1) is 11.9 Å². The number of hydrogen-bond acceptors (Lipinski definition) is 4. The van der Waals surface area contributed by atoms with Gasteiger partial charge in [0.25, 0.3) is 5.91 Å². The Labute approximate surface area is 151 Å². The van der Waals surface area contributed by atoms with Gasteiger partial charge in [0.1, 0.15) is 5.69 Å². The number of aromatic nitrogens is 1. The second-order valence-corrected chi connectivity index (χ2v) is 6.30. The Bertz CT molecular complexity index is 771. The lowest BCUT2D eigenvalue weighted by Gasteiger charge is -2.35. The predicted molar refractivity (Wildman–Crippen MR) is 98.1 cm³/mol. The van der Waals surface area contributed by atoms with E-state index < -0.39 is 0 Å². The molecule has 0 radical (unpaired) electrons. The van der Waals surface area contributed by atoms with E-state index in [1.54, 1.807) is 43.5 Å². The molecule has 0 unspecified atom stereocenters. The van der Waals surface area contributed by atoms with Crippen molar-refractivity contribution in [3.63, 3.8) is 0 Å². The van der Waals surface area contributed by atoms with Crippen LogP contribution in [0.1, 0.15) is 17.4 Å². The Kier molecular flexibility index (Phi) is 5.19. The maximum atomic E-state index is 12.3. The third kappa shape index (κ3) is 4.28. The highest BCUT2D eigenvalue weighted by molar-refractivity contribution is 6.30. The zero-order valence-electron chi connectivity index (χ0n) is 13.9. The zero-order valence-corrected chi connectivity index (χ0v) is 14.7. The van der Waals surface area contributed by atoms with Crippen LogP contribution in [0.4, 0.5) is 11.4 Å². The van der Waals surface area contributed by atoms with Gasteiger partial charge < -0.3 is 15.1 Å². The molecule has 3 rings (SSSR count). The third-order valence-electron chi connectivity index (χ3n) is 4.15. The summed E-state index contributed by atoms with van der Waals surface area (Å²) in [5.41, 5.74) is 1.91. The van der Waals surface area contributed by atoms with E-state index in [9.17, 15) is 9.59 Å². The quantitative estimate of drug-likeness (QED) is 0.916. The number of piperazine rings is 1. The van der Waals surface area contributed by atoms with Gasteiger partial charge >= 0.3 is 0 Å². The first-order chi connectivity index (χ1) is 12.0. The van der Waals surface area contributed by atoms with Gasteiger partial charge in [0, 0.05) is 43.8 Å². The van der Waals surface area contributed by atoms with Gasteiger partial charge in [-0.05, 0) is 30.3 Å². The lowest BCUT2D eigenvalue weighted by atomic mass is 10.2. The molecule has 1 fully saturated rings. The number of rotatable bonds is 3. The number of carbonyl (C=O) groups is 2. The number of benzene rings is 1. The third-order valence-corrected chi connectivity index (χ3v) is 4.39. The van der Waals surface area contributed by atoms with Gasteiger partial charge in [-0.3, -0.25) is 9.59 Å². The summed E-state index contributed by atoms with van der Waals surface area (Å²) in [6, 6.07) is 10.6. The Hall–Kier alpha value is -2.60. The fourth-order valence-electron chi connectivity index (χ4n) is 2.75. The van der Waals surface area contributed by atoms with Crippen molar-refractivity contribution in [2.75, 3.05) is 36.4 Å². The number of carbonyl (C=O) groups excluding carboxylic acids is 2. The Morgan fingerprint density at radius 1 is 1.12 bits per heavy atom. The fourth-order valence-corrected chi connectivity index (χ4v) is 2.94. The summed E-state index contributed by atoms with van der Waals surface area (Å²) in [5, 5.41) is 3.33. The highest BCUT2D eigenvalue weighted by atomic mass is 35.5. The molecule has 2 heterocycles. The molecule has 0 atom stereocenters. The van der Waals surface area contributed by atoms with Gasteiger partial charge in [-0.2, -0.15) is 0 Å². The summed E-state index contributed by atoms with van der Waals surface area (Å²) in [5.74, 6) is -0.180. The number of halogens is 1. The van der Waals surface area contributed by atoms with Crippen molar-refractivity contribution in [3.8, 4) is 0 Å². The Balaban J connectivity index is 1.62. The molecule has 1 aromatic heterocycles. The zero-order chi connectivity index (χ0) is 17.8. The van der Waals surface area contributed by atoms with E-state index >= 15 is 0 Å². The minimum absolute atomic E-state index is 0.103. The molecule has 0 bridgehead atoms. The van der Waals surface area contributed by atoms with Crippen LogP contribution in [0.3, 0.4) is 0 Å². The van der Waals surface area contributed by atoms with Gasteiger partial charge in [-0.25, -0.2) is 4.98 Å². The largest absolute Gasteiger partial charge is 0.367 e. The van der Waals surface area contributed by atoms with Crippen molar-refractivity contribution >= 4 is 34.8 Å². The number of amides is 2. The van der Waals surface area contributed by atoms with Gasteiger partial charge in [0.15, 0.2) is 0 Å². The molecule has 0 spiro atoms. The molecule has 0 saturated carbocycles. The predicted octanol–water partition coefficient (Wildman–Crippen LogP) is 2.66. The van der Waals surface area contributed by atoms with Crippen molar-refractivity contribution in [1.29, 1.82) is 0 Å². The number of nitrogens with one attached hydrogen (secondary N) is 1. The first kappa shape index (κ1) is 17.2. The van der Waals surface area contributed by atoms with Crippen LogP contribution in [-0.4, -0.2) is 47.9 Å². The van der Waals surface area contributed by atoms with Crippen LogP contribution in [0.25, 0.3) is 0 Å². The summed E-state index contributed by atoms with van der Waals surface area (Å²) in [6.45, 7) is 4.51. The molecule has 7 heteroatoms. The highest BCUT2D eigenvalue weighted by Gasteiger charge is 2.19. The van der Waals surface area contributed by atoms with E-state index in [2.05, 4.69) is 15.2 Å². The highest BCUT2D eigenvalue weighted by Crippen LogP contribution is 2.18. The molecule has 1 saturated heterocycles. The van der Waals surface area contributed by atoms with Crippen molar-refractivity contribution in [3.05, 3.63) is 53.3 Å². The average molecular weight is 359 g/mol. The van der Waals surface area contributed by atoms with E-state index in [0.29, 0.717) is 29.5 Å². The lowest BCUT2D eigenvalue weighted by molar-refractivity contribution is -0.129. The second kappa shape index (κ2) is 7.53. The lowest BCUT2D eigenvalue weighted by Crippen LogP contribution is -2.48. The monoisotopic (exact) mass is 358 g/mol. The molecular weight excluding hydrogens is 340 g/mol. The number of pyridine rings is 1. The summed E-state index contributed by atoms with van der Waals surface area (Å²) in [4.78, 5) is 31.9. The van der Waals surface area contributed by atoms with Crippen LogP contribution in [0.15, 0.2) is 42.6 Å². The minimum Gasteiger partial charge on any atom is -0.367 e. The molecular formula is C18H19ClN4O2. The molecule has 0 aliphatic carbocycles. The van der Waals surface area contributed by atoms with Crippen LogP contribution in [0.5, 0.6) is 0 Å². The first-order valence-corrected chi connectivity index (χ1v) is 8.44. The summed E-state index contributed by atoms with van der Waals surface area (Å²) >= 11 is 5.91. The van der Waals surface area contributed by atoms with Crippen molar-refractivity contribution in [2.24, 2.45) is 0 Å². The standard InChI is InChI=1S/C18H19ClN4O2/c1-13(24)22-7-9-23(10-8-22)16-5-6-17(20-12-16)18(25)21-15-4-2-3-14(19)11-15/h2-6,11-12H,7-10H2,1H3,(H,21,25). The average Bonchev–Trinajstić information content (AvgIpc) is 2.62. The molecule has 2 aromatic rings. The number of hydrogen-bond donors (Lipinski definition) is 1. The molecule has 1 aliphatic rings. The Morgan fingerprint density at radius 3 is 2.48 bits per heavy atom. The second-order valence-electron chi connectivity index (χ2n) is 5.86. The van der Waals surface area contributed by atoms with Gasteiger partial charge in [-0.1, -0.05) is 17.7 Å². The fraction of sp³-hybridized carbons (Fsp3) is 0.278. The summed E-state index contributed by atoms with van der Waals surface area (Å²) < 4.78 is 0.